The number of likely N-dealkylation sites (tertiary alicyclic amines) is 1. The molecule has 3 aromatic rings. The van der Waals surface area contributed by atoms with Crippen molar-refractivity contribution in [2.24, 2.45) is 0 Å². The average molecular weight is 612 g/mol. The lowest BCUT2D eigenvalue weighted by atomic mass is 10.0. The van der Waals surface area contributed by atoms with E-state index in [-0.39, 0.29) is 36.9 Å². The fourth-order valence-corrected chi connectivity index (χ4v) is 7.19. The van der Waals surface area contributed by atoms with Gasteiger partial charge in [0.2, 0.25) is 5.13 Å². The SMILES string of the molecule is C=C(F)C(=O)N1CCN(c2nc(OC[C@@H]3CCCN3C)nc3c2CCN(c2cccc4sc(F)c(F)c24)C3)C[C@@H]1CC#N. The van der Waals surface area contributed by atoms with Crippen LogP contribution in [0.15, 0.2) is 30.6 Å². The summed E-state index contributed by atoms with van der Waals surface area (Å²) in [4.78, 5) is 29.7. The quantitative estimate of drug-likeness (QED) is 0.363. The number of fused-ring (bicyclic) bond motifs is 2. The van der Waals surface area contributed by atoms with Crippen molar-refractivity contribution in [1.29, 1.82) is 5.26 Å². The minimum absolute atomic E-state index is 0.0285. The van der Waals surface area contributed by atoms with E-state index < -0.39 is 28.7 Å². The zero-order valence-electron chi connectivity index (χ0n) is 23.9. The van der Waals surface area contributed by atoms with E-state index in [0.29, 0.717) is 54.6 Å². The molecule has 5 heterocycles. The van der Waals surface area contributed by atoms with E-state index in [1.54, 1.807) is 18.2 Å². The molecule has 1 aromatic carbocycles. The molecule has 2 atom stereocenters. The summed E-state index contributed by atoms with van der Waals surface area (Å²) < 4.78 is 49.5. The van der Waals surface area contributed by atoms with E-state index in [2.05, 4.69) is 24.6 Å². The van der Waals surface area contributed by atoms with Crippen LogP contribution in [0, 0.1) is 22.3 Å². The van der Waals surface area contributed by atoms with Crippen molar-refractivity contribution in [1.82, 2.24) is 19.8 Å². The largest absolute Gasteiger partial charge is 0.462 e. The maximum atomic E-state index is 14.8. The number of nitrogens with zero attached hydrogens (tertiary/aromatic N) is 7. The molecule has 2 aromatic heterocycles. The molecule has 2 fully saturated rings. The number of likely N-dealkylation sites (N-methyl/N-ethyl adjacent to an activating group) is 1. The van der Waals surface area contributed by atoms with Crippen LogP contribution in [-0.4, -0.2) is 84.1 Å². The fourth-order valence-electron chi connectivity index (χ4n) is 6.36. The van der Waals surface area contributed by atoms with E-state index in [9.17, 15) is 23.2 Å². The van der Waals surface area contributed by atoms with Gasteiger partial charge in [0.25, 0.3) is 5.91 Å². The number of halogens is 3. The molecule has 3 aliphatic rings. The molecule has 0 N–H and O–H groups in total. The zero-order chi connectivity index (χ0) is 30.2. The van der Waals surface area contributed by atoms with E-state index in [0.717, 1.165) is 36.3 Å². The van der Waals surface area contributed by atoms with Gasteiger partial charge in [-0.1, -0.05) is 12.6 Å². The van der Waals surface area contributed by atoms with Crippen LogP contribution in [0.2, 0.25) is 0 Å². The summed E-state index contributed by atoms with van der Waals surface area (Å²) in [6.45, 7) is 6.28. The Morgan fingerprint density at radius 1 is 1.19 bits per heavy atom. The first-order valence-corrected chi connectivity index (χ1v) is 15.2. The van der Waals surface area contributed by atoms with Crippen molar-refractivity contribution in [2.45, 2.75) is 44.3 Å². The molecule has 0 aliphatic carbocycles. The number of carbonyl (C=O) groups is 1. The van der Waals surface area contributed by atoms with E-state index in [1.165, 1.54) is 4.90 Å². The van der Waals surface area contributed by atoms with Crippen LogP contribution in [-0.2, 0) is 17.8 Å². The number of ether oxygens (including phenoxy) is 1. The number of rotatable bonds is 7. The molecule has 1 amide bonds. The van der Waals surface area contributed by atoms with E-state index in [1.807, 2.05) is 9.80 Å². The van der Waals surface area contributed by atoms with Gasteiger partial charge >= 0.3 is 6.01 Å². The minimum atomic E-state index is -1.06. The fraction of sp³-hybridized carbons (Fsp3) is 0.467. The number of benzene rings is 1. The Bertz CT molecular complexity index is 1610. The molecule has 226 valence electrons. The minimum Gasteiger partial charge on any atom is -0.462 e. The third-order valence-electron chi connectivity index (χ3n) is 8.64. The Balaban J connectivity index is 1.34. The second kappa shape index (κ2) is 12.0. The summed E-state index contributed by atoms with van der Waals surface area (Å²) in [7, 11) is 2.06. The molecule has 6 rings (SSSR count). The topological polar surface area (TPSA) is 88.8 Å². The Morgan fingerprint density at radius 3 is 2.77 bits per heavy atom. The van der Waals surface area contributed by atoms with Crippen LogP contribution in [0.25, 0.3) is 10.1 Å². The number of piperazine rings is 1. The van der Waals surface area contributed by atoms with Gasteiger partial charge in [0.1, 0.15) is 12.4 Å². The molecule has 9 nitrogen and oxygen atoms in total. The lowest BCUT2D eigenvalue weighted by Gasteiger charge is -2.42. The molecule has 0 saturated carbocycles. The molecular weight excluding hydrogens is 579 g/mol. The highest BCUT2D eigenvalue weighted by Crippen LogP contribution is 2.39. The van der Waals surface area contributed by atoms with Gasteiger partial charge in [0, 0.05) is 48.2 Å². The predicted molar refractivity (Wildman–Crippen MR) is 158 cm³/mol. The summed E-state index contributed by atoms with van der Waals surface area (Å²) in [5, 5.41) is 8.88. The lowest BCUT2D eigenvalue weighted by molar-refractivity contribution is -0.131. The number of anilines is 2. The van der Waals surface area contributed by atoms with Crippen LogP contribution in [0.1, 0.15) is 30.5 Å². The van der Waals surface area contributed by atoms with E-state index >= 15 is 0 Å². The number of hydrogen-bond acceptors (Lipinski definition) is 9. The van der Waals surface area contributed by atoms with Gasteiger partial charge in [0.15, 0.2) is 11.6 Å². The third kappa shape index (κ3) is 5.61. The Kier molecular flexibility index (Phi) is 8.15. The number of carbonyl (C=O) groups excluding carboxylic acids is 1. The molecule has 13 heteroatoms. The summed E-state index contributed by atoms with van der Waals surface area (Å²) in [6.07, 6.45) is 2.67. The normalized spacial score (nSPS) is 20.8. The van der Waals surface area contributed by atoms with Gasteiger partial charge in [0.05, 0.1) is 36.2 Å². The van der Waals surface area contributed by atoms with Crippen LogP contribution in [0.5, 0.6) is 6.01 Å². The standard InChI is InChI=1S/C30H32F3N7O2S/c1-18(31)29(41)40-14-13-39(15-19(40)8-10-34)28-21-9-12-38(23-6-3-7-24-25(23)26(32)27(33)43-24)16-22(21)35-30(36-28)42-17-20-5-4-11-37(20)2/h3,6-7,19-20H,1,4-5,8-9,11-17H2,2H3/t19-,20-/m0/s1. The van der Waals surface area contributed by atoms with Crippen LogP contribution in [0.4, 0.5) is 24.7 Å². The molecule has 0 spiro atoms. The van der Waals surface area contributed by atoms with Gasteiger partial charge < -0.3 is 24.3 Å². The van der Waals surface area contributed by atoms with Crippen molar-refractivity contribution >= 4 is 38.8 Å². The van der Waals surface area contributed by atoms with Gasteiger partial charge in [-0.15, -0.1) is 11.3 Å². The molecule has 43 heavy (non-hydrogen) atoms. The highest BCUT2D eigenvalue weighted by atomic mass is 32.1. The van der Waals surface area contributed by atoms with E-state index in [4.69, 9.17) is 14.7 Å². The van der Waals surface area contributed by atoms with Crippen molar-refractivity contribution in [3.05, 3.63) is 52.8 Å². The van der Waals surface area contributed by atoms with Gasteiger partial charge in [-0.05, 0) is 45.0 Å². The monoisotopic (exact) mass is 611 g/mol. The third-order valence-corrected chi connectivity index (χ3v) is 9.56. The van der Waals surface area contributed by atoms with Crippen molar-refractivity contribution in [3.8, 4) is 12.1 Å². The maximum absolute atomic E-state index is 14.8. The number of nitriles is 1. The molecular formula is C30H32F3N7O2S. The molecule has 0 bridgehead atoms. The average Bonchev–Trinajstić information content (AvgIpc) is 3.55. The lowest BCUT2D eigenvalue weighted by Crippen LogP contribution is -2.55. The van der Waals surface area contributed by atoms with Gasteiger partial charge in [-0.25, -0.2) is 8.78 Å². The first-order chi connectivity index (χ1) is 20.7. The first kappa shape index (κ1) is 29.2. The van der Waals surface area contributed by atoms with Crippen LogP contribution in [0.3, 0.4) is 0 Å². The zero-order valence-corrected chi connectivity index (χ0v) is 24.7. The Hall–Kier alpha value is -3.89. The predicted octanol–water partition coefficient (Wildman–Crippen LogP) is 4.42. The summed E-state index contributed by atoms with van der Waals surface area (Å²) in [6, 6.07) is 7.32. The van der Waals surface area contributed by atoms with Crippen LogP contribution < -0.4 is 14.5 Å². The number of aromatic nitrogens is 2. The smallest absolute Gasteiger partial charge is 0.318 e. The maximum Gasteiger partial charge on any atom is 0.318 e. The number of amides is 1. The summed E-state index contributed by atoms with van der Waals surface area (Å²) in [5.74, 6) is -2.06. The second-order valence-corrected chi connectivity index (χ2v) is 12.2. The highest BCUT2D eigenvalue weighted by Gasteiger charge is 2.35. The first-order valence-electron chi connectivity index (χ1n) is 14.4. The van der Waals surface area contributed by atoms with Crippen molar-refractivity contribution < 1.29 is 22.7 Å². The Morgan fingerprint density at radius 2 is 2.02 bits per heavy atom. The number of hydrogen-bond donors (Lipinski definition) is 0. The summed E-state index contributed by atoms with van der Waals surface area (Å²) >= 11 is 0.789. The van der Waals surface area contributed by atoms with Gasteiger partial charge in [-0.2, -0.15) is 19.6 Å². The van der Waals surface area contributed by atoms with Crippen LogP contribution >= 0.6 is 11.3 Å². The van der Waals surface area contributed by atoms with Crippen molar-refractivity contribution in [2.75, 3.05) is 56.2 Å². The molecule has 0 radical (unpaired) electrons. The second-order valence-electron chi connectivity index (χ2n) is 11.2. The Labute approximate surface area is 251 Å². The van der Waals surface area contributed by atoms with Crippen molar-refractivity contribution in [3.63, 3.8) is 0 Å². The molecule has 2 saturated heterocycles. The van der Waals surface area contributed by atoms with Gasteiger partial charge in [-0.3, -0.25) is 4.79 Å². The molecule has 0 unspecified atom stereocenters. The molecule has 3 aliphatic heterocycles. The highest BCUT2D eigenvalue weighted by molar-refractivity contribution is 7.17. The summed E-state index contributed by atoms with van der Waals surface area (Å²) in [5.41, 5.74) is 2.21. The number of thiophene rings is 1.